The molecule has 0 aliphatic heterocycles. The molecule has 0 aliphatic rings. The average molecular weight is 287 g/mol. The molecule has 0 unspecified atom stereocenters. The van der Waals surface area contributed by atoms with Gasteiger partial charge in [-0.1, -0.05) is 5.16 Å². The Morgan fingerprint density at radius 3 is 2.55 bits per heavy atom. The highest BCUT2D eigenvalue weighted by Crippen LogP contribution is 2.19. The third-order valence-corrected chi connectivity index (χ3v) is 2.46. The van der Waals surface area contributed by atoms with E-state index >= 15 is 0 Å². The van der Waals surface area contributed by atoms with Crippen molar-refractivity contribution in [3.05, 3.63) is 30.2 Å². The SMILES string of the molecule is N#CC(C#N)=NNc1ccc(-c2noc(CCl)n2)cc1. The normalized spacial score (nSPS) is 9.35. The Morgan fingerprint density at radius 1 is 1.30 bits per heavy atom. The second-order valence-corrected chi connectivity index (χ2v) is 3.79. The molecule has 2 aromatic rings. The fourth-order valence-electron chi connectivity index (χ4n) is 1.32. The van der Waals surface area contributed by atoms with Gasteiger partial charge >= 0.3 is 0 Å². The van der Waals surface area contributed by atoms with Gasteiger partial charge in [-0.25, -0.2) is 0 Å². The summed E-state index contributed by atoms with van der Waals surface area (Å²) in [5, 5.41) is 24.5. The summed E-state index contributed by atoms with van der Waals surface area (Å²) in [6.07, 6.45) is 0. The average Bonchev–Trinajstić information content (AvgIpc) is 2.98. The minimum Gasteiger partial charge on any atom is -0.338 e. The summed E-state index contributed by atoms with van der Waals surface area (Å²) in [5.41, 5.74) is 3.72. The molecule has 98 valence electrons. The van der Waals surface area contributed by atoms with Gasteiger partial charge in [0.2, 0.25) is 17.4 Å². The number of anilines is 1. The van der Waals surface area contributed by atoms with Gasteiger partial charge in [0.25, 0.3) is 0 Å². The molecule has 0 atom stereocenters. The van der Waals surface area contributed by atoms with Gasteiger partial charge in [-0.05, 0) is 24.3 Å². The second kappa shape index (κ2) is 6.32. The van der Waals surface area contributed by atoms with Gasteiger partial charge in [-0.3, -0.25) is 5.43 Å². The van der Waals surface area contributed by atoms with E-state index in [1.807, 2.05) is 0 Å². The monoisotopic (exact) mass is 286 g/mol. The van der Waals surface area contributed by atoms with Crippen molar-refractivity contribution in [1.82, 2.24) is 10.1 Å². The molecule has 0 saturated carbocycles. The molecule has 8 heteroatoms. The van der Waals surface area contributed by atoms with Gasteiger partial charge in [-0.15, -0.1) is 11.6 Å². The molecule has 0 aliphatic carbocycles. The number of alkyl halides is 1. The van der Waals surface area contributed by atoms with Crippen molar-refractivity contribution in [2.24, 2.45) is 5.10 Å². The predicted molar refractivity (Wildman–Crippen MR) is 71.6 cm³/mol. The van der Waals surface area contributed by atoms with Crippen molar-refractivity contribution in [2.75, 3.05) is 5.43 Å². The van der Waals surface area contributed by atoms with Gasteiger partial charge in [0, 0.05) is 5.56 Å². The molecule has 0 saturated heterocycles. The van der Waals surface area contributed by atoms with Crippen molar-refractivity contribution in [1.29, 1.82) is 10.5 Å². The first-order chi connectivity index (χ1) is 9.76. The first-order valence-electron chi connectivity index (χ1n) is 5.39. The smallest absolute Gasteiger partial charge is 0.241 e. The summed E-state index contributed by atoms with van der Waals surface area (Å²) in [4.78, 5) is 4.09. The van der Waals surface area contributed by atoms with Crippen LogP contribution in [0.5, 0.6) is 0 Å². The highest BCUT2D eigenvalue weighted by atomic mass is 35.5. The topological polar surface area (TPSA) is 111 Å². The molecule has 0 fully saturated rings. The first-order valence-corrected chi connectivity index (χ1v) is 5.93. The largest absolute Gasteiger partial charge is 0.338 e. The maximum Gasteiger partial charge on any atom is 0.241 e. The molecule has 1 aromatic carbocycles. The lowest BCUT2D eigenvalue weighted by atomic mass is 10.2. The number of nitriles is 2. The molecule has 7 nitrogen and oxygen atoms in total. The Kier molecular flexibility index (Phi) is 4.28. The third kappa shape index (κ3) is 3.10. The summed E-state index contributed by atoms with van der Waals surface area (Å²) in [7, 11) is 0. The van der Waals surface area contributed by atoms with Crippen LogP contribution in [0, 0.1) is 22.7 Å². The molecular weight excluding hydrogens is 280 g/mol. The summed E-state index contributed by atoms with van der Waals surface area (Å²) in [6, 6.07) is 10.2. The summed E-state index contributed by atoms with van der Waals surface area (Å²) in [6.45, 7) is 0. The van der Waals surface area contributed by atoms with Gasteiger partial charge in [0.1, 0.15) is 18.0 Å². The zero-order valence-electron chi connectivity index (χ0n) is 10.0. The molecule has 1 heterocycles. The van der Waals surface area contributed by atoms with Crippen LogP contribution >= 0.6 is 11.6 Å². The number of nitrogens with zero attached hydrogens (tertiary/aromatic N) is 5. The van der Waals surface area contributed by atoms with Crippen LogP contribution in [0.3, 0.4) is 0 Å². The van der Waals surface area contributed by atoms with E-state index in [9.17, 15) is 0 Å². The number of benzene rings is 1. The fraction of sp³-hybridized carbons (Fsp3) is 0.0833. The molecule has 20 heavy (non-hydrogen) atoms. The highest BCUT2D eigenvalue weighted by Gasteiger charge is 2.07. The number of hydrazone groups is 1. The number of aromatic nitrogens is 2. The van der Waals surface area contributed by atoms with Crippen LogP contribution in [-0.4, -0.2) is 15.9 Å². The van der Waals surface area contributed by atoms with E-state index in [-0.39, 0.29) is 11.6 Å². The zero-order chi connectivity index (χ0) is 14.4. The zero-order valence-corrected chi connectivity index (χ0v) is 10.8. The van der Waals surface area contributed by atoms with Crippen molar-refractivity contribution in [2.45, 2.75) is 5.88 Å². The Hall–Kier alpha value is -2.90. The Morgan fingerprint density at radius 2 is 2.00 bits per heavy atom. The van der Waals surface area contributed by atoms with Crippen LogP contribution in [0.4, 0.5) is 5.69 Å². The molecule has 2 rings (SSSR count). The predicted octanol–water partition coefficient (Wildman–Crippen LogP) is 2.29. The van der Waals surface area contributed by atoms with Crippen molar-refractivity contribution in [3.8, 4) is 23.5 Å². The van der Waals surface area contributed by atoms with Crippen LogP contribution in [0.25, 0.3) is 11.4 Å². The Balaban J connectivity index is 2.13. The van der Waals surface area contributed by atoms with Crippen LogP contribution in [-0.2, 0) is 5.88 Å². The van der Waals surface area contributed by atoms with Gasteiger partial charge < -0.3 is 4.52 Å². The van der Waals surface area contributed by atoms with E-state index in [0.717, 1.165) is 5.56 Å². The highest BCUT2D eigenvalue weighted by molar-refractivity contribution is 6.16. The quantitative estimate of drug-likeness (QED) is 0.524. The molecule has 1 aromatic heterocycles. The molecule has 0 bridgehead atoms. The molecular formula is C12H7ClN6O. The van der Waals surface area contributed by atoms with E-state index in [0.29, 0.717) is 17.4 Å². The number of rotatable bonds is 4. The van der Waals surface area contributed by atoms with E-state index in [1.165, 1.54) is 0 Å². The number of nitrogens with one attached hydrogen (secondary N) is 1. The minimum atomic E-state index is -0.251. The Labute approximate surface area is 119 Å². The minimum absolute atomic E-state index is 0.159. The van der Waals surface area contributed by atoms with E-state index in [1.54, 1.807) is 36.4 Å². The Bertz CT molecular complexity index is 691. The van der Waals surface area contributed by atoms with Crippen LogP contribution < -0.4 is 5.43 Å². The number of halogens is 1. The molecule has 1 N–H and O–H groups in total. The number of hydrogen-bond acceptors (Lipinski definition) is 7. The maximum atomic E-state index is 8.54. The maximum absolute atomic E-state index is 8.54. The van der Waals surface area contributed by atoms with Gasteiger partial charge in [-0.2, -0.15) is 20.6 Å². The molecule has 0 radical (unpaired) electrons. The van der Waals surface area contributed by atoms with Crippen molar-refractivity contribution >= 4 is 23.0 Å². The number of hydrogen-bond donors (Lipinski definition) is 1. The van der Waals surface area contributed by atoms with Gasteiger partial charge in [0.15, 0.2) is 0 Å². The van der Waals surface area contributed by atoms with E-state index in [2.05, 4.69) is 20.7 Å². The van der Waals surface area contributed by atoms with E-state index in [4.69, 9.17) is 26.6 Å². The molecule has 0 spiro atoms. The summed E-state index contributed by atoms with van der Waals surface area (Å²) >= 11 is 5.58. The standard InChI is InChI=1S/C12H7ClN6O/c13-5-11-16-12(19-20-11)8-1-3-9(4-2-8)17-18-10(6-14)7-15/h1-4,17H,5H2. The van der Waals surface area contributed by atoms with Crippen molar-refractivity contribution in [3.63, 3.8) is 0 Å². The first kappa shape index (κ1) is 13.5. The van der Waals surface area contributed by atoms with Crippen LogP contribution in [0.2, 0.25) is 0 Å². The van der Waals surface area contributed by atoms with Crippen molar-refractivity contribution < 1.29 is 4.52 Å². The van der Waals surface area contributed by atoms with E-state index < -0.39 is 0 Å². The van der Waals surface area contributed by atoms with Crippen LogP contribution in [0.1, 0.15) is 5.89 Å². The second-order valence-electron chi connectivity index (χ2n) is 3.52. The lowest BCUT2D eigenvalue weighted by Gasteiger charge is -2.00. The summed E-state index contributed by atoms with van der Waals surface area (Å²) in [5.74, 6) is 0.943. The van der Waals surface area contributed by atoms with Gasteiger partial charge in [0.05, 0.1) is 5.69 Å². The third-order valence-electron chi connectivity index (χ3n) is 2.23. The van der Waals surface area contributed by atoms with Crippen LogP contribution in [0.15, 0.2) is 33.9 Å². The lowest BCUT2D eigenvalue weighted by molar-refractivity contribution is 0.391. The molecule has 0 amide bonds. The fourth-order valence-corrected chi connectivity index (χ4v) is 1.42. The lowest BCUT2D eigenvalue weighted by Crippen LogP contribution is -1.96. The summed E-state index contributed by atoms with van der Waals surface area (Å²) < 4.78 is 4.90.